The topological polar surface area (TPSA) is 44.5 Å². The van der Waals surface area contributed by atoms with Crippen molar-refractivity contribution in [2.24, 2.45) is 5.73 Å². The molecule has 0 aliphatic carbocycles. The molecule has 0 bridgehead atoms. The SMILES string of the molecule is CCC(C)(C)OCc1cc(C#CCN)ccc1OC. The van der Waals surface area contributed by atoms with Gasteiger partial charge < -0.3 is 15.2 Å². The summed E-state index contributed by atoms with van der Waals surface area (Å²) in [6.45, 7) is 7.15. The molecule has 0 radical (unpaired) electrons. The quantitative estimate of drug-likeness (QED) is 0.829. The van der Waals surface area contributed by atoms with Gasteiger partial charge in [-0.05, 0) is 38.5 Å². The van der Waals surface area contributed by atoms with Crippen LogP contribution in [0.25, 0.3) is 0 Å². The first-order valence-electron chi connectivity index (χ1n) is 6.52. The third kappa shape index (κ3) is 4.94. The molecule has 0 aliphatic rings. The van der Waals surface area contributed by atoms with Gasteiger partial charge in [-0.3, -0.25) is 0 Å². The summed E-state index contributed by atoms with van der Waals surface area (Å²) in [5, 5.41) is 0. The molecule has 0 fully saturated rings. The predicted octanol–water partition coefficient (Wildman–Crippen LogP) is 2.71. The van der Waals surface area contributed by atoms with Gasteiger partial charge in [0.2, 0.25) is 0 Å². The molecule has 19 heavy (non-hydrogen) atoms. The van der Waals surface area contributed by atoms with Crippen LogP contribution in [-0.2, 0) is 11.3 Å². The molecule has 3 nitrogen and oxygen atoms in total. The van der Waals surface area contributed by atoms with E-state index in [-0.39, 0.29) is 5.60 Å². The maximum absolute atomic E-state index is 5.91. The summed E-state index contributed by atoms with van der Waals surface area (Å²) in [4.78, 5) is 0. The minimum atomic E-state index is -0.135. The largest absolute Gasteiger partial charge is 0.496 e. The smallest absolute Gasteiger partial charge is 0.124 e. The zero-order valence-electron chi connectivity index (χ0n) is 12.2. The predicted molar refractivity (Wildman–Crippen MR) is 78.1 cm³/mol. The molecule has 1 rings (SSSR count). The molecule has 0 amide bonds. The molecule has 0 saturated heterocycles. The lowest BCUT2D eigenvalue weighted by Crippen LogP contribution is -2.22. The van der Waals surface area contributed by atoms with Gasteiger partial charge in [0.1, 0.15) is 5.75 Å². The Bertz CT molecular complexity index is 469. The van der Waals surface area contributed by atoms with Crippen molar-refractivity contribution in [3.63, 3.8) is 0 Å². The van der Waals surface area contributed by atoms with E-state index < -0.39 is 0 Å². The Balaban J connectivity index is 2.90. The van der Waals surface area contributed by atoms with E-state index in [0.29, 0.717) is 13.2 Å². The number of rotatable bonds is 5. The van der Waals surface area contributed by atoms with E-state index in [4.69, 9.17) is 15.2 Å². The lowest BCUT2D eigenvalue weighted by molar-refractivity contribution is -0.0322. The highest BCUT2D eigenvalue weighted by Crippen LogP contribution is 2.23. The van der Waals surface area contributed by atoms with Crippen molar-refractivity contribution in [3.05, 3.63) is 29.3 Å². The minimum absolute atomic E-state index is 0.135. The molecule has 1 aromatic carbocycles. The maximum Gasteiger partial charge on any atom is 0.124 e. The standard InChI is InChI=1S/C16H23NO2/c1-5-16(2,3)19-12-14-11-13(7-6-10-17)8-9-15(14)18-4/h8-9,11H,5,10,12,17H2,1-4H3. The van der Waals surface area contributed by atoms with Crippen LogP contribution < -0.4 is 10.5 Å². The molecule has 0 saturated carbocycles. The van der Waals surface area contributed by atoms with Gasteiger partial charge in [-0.25, -0.2) is 0 Å². The first-order chi connectivity index (χ1) is 9.02. The van der Waals surface area contributed by atoms with E-state index >= 15 is 0 Å². The zero-order valence-corrected chi connectivity index (χ0v) is 12.2. The molecule has 2 N–H and O–H groups in total. The van der Waals surface area contributed by atoms with Crippen LogP contribution in [0.5, 0.6) is 5.75 Å². The Hall–Kier alpha value is -1.50. The van der Waals surface area contributed by atoms with Crippen molar-refractivity contribution < 1.29 is 9.47 Å². The summed E-state index contributed by atoms with van der Waals surface area (Å²) in [6.07, 6.45) is 0.960. The molecule has 3 heteroatoms. The van der Waals surface area contributed by atoms with Crippen LogP contribution in [0.1, 0.15) is 38.3 Å². The van der Waals surface area contributed by atoms with Crippen LogP contribution in [-0.4, -0.2) is 19.3 Å². The van der Waals surface area contributed by atoms with Crippen molar-refractivity contribution in [1.82, 2.24) is 0 Å². The van der Waals surface area contributed by atoms with E-state index in [1.165, 1.54) is 0 Å². The second-order valence-corrected chi connectivity index (χ2v) is 4.93. The van der Waals surface area contributed by atoms with Gasteiger partial charge >= 0.3 is 0 Å². The van der Waals surface area contributed by atoms with Gasteiger partial charge in [-0.15, -0.1) is 0 Å². The second-order valence-electron chi connectivity index (χ2n) is 4.93. The second kappa shape index (κ2) is 7.18. The fraction of sp³-hybridized carbons (Fsp3) is 0.500. The Kier molecular flexibility index (Phi) is 5.88. The summed E-state index contributed by atoms with van der Waals surface area (Å²) in [5.41, 5.74) is 7.18. The van der Waals surface area contributed by atoms with Gasteiger partial charge in [-0.2, -0.15) is 0 Å². The zero-order chi connectivity index (χ0) is 14.3. The fourth-order valence-corrected chi connectivity index (χ4v) is 1.50. The number of hydrogen-bond donors (Lipinski definition) is 1. The minimum Gasteiger partial charge on any atom is -0.496 e. The molecule has 0 heterocycles. The molecule has 0 aromatic heterocycles. The average Bonchev–Trinajstić information content (AvgIpc) is 2.43. The summed E-state index contributed by atoms with van der Waals surface area (Å²) in [5.74, 6) is 6.69. The molecule has 104 valence electrons. The monoisotopic (exact) mass is 261 g/mol. The van der Waals surface area contributed by atoms with Gasteiger partial charge in [0.25, 0.3) is 0 Å². The van der Waals surface area contributed by atoms with E-state index in [2.05, 4.69) is 32.6 Å². The van der Waals surface area contributed by atoms with E-state index in [0.717, 1.165) is 23.3 Å². The average molecular weight is 261 g/mol. The number of hydrogen-bond acceptors (Lipinski definition) is 3. The van der Waals surface area contributed by atoms with Crippen LogP contribution in [0.15, 0.2) is 18.2 Å². The van der Waals surface area contributed by atoms with E-state index in [1.54, 1.807) is 7.11 Å². The van der Waals surface area contributed by atoms with Gasteiger partial charge in [0, 0.05) is 11.1 Å². The first-order valence-corrected chi connectivity index (χ1v) is 6.52. The van der Waals surface area contributed by atoms with Crippen LogP contribution in [0.4, 0.5) is 0 Å². The summed E-state index contributed by atoms with van der Waals surface area (Å²) >= 11 is 0. The Morgan fingerprint density at radius 1 is 1.32 bits per heavy atom. The van der Waals surface area contributed by atoms with Crippen LogP contribution in [0, 0.1) is 11.8 Å². The van der Waals surface area contributed by atoms with Gasteiger partial charge in [0.05, 0.1) is 25.9 Å². The lowest BCUT2D eigenvalue weighted by Gasteiger charge is -2.24. The third-order valence-corrected chi connectivity index (χ3v) is 3.09. The Morgan fingerprint density at radius 2 is 2.05 bits per heavy atom. The molecule has 1 aromatic rings. The highest BCUT2D eigenvalue weighted by molar-refractivity contribution is 5.44. The highest BCUT2D eigenvalue weighted by Gasteiger charge is 2.16. The first kappa shape index (κ1) is 15.6. The maximum atomic E-state index is 5.91. The summed E-state index contributed by atoms with van der Waals surface area (Å²) in [7, 11) is 1.66. The molecular formula is C16H23NO2. The molecule has 0 unspecified atom stereocenters. The summed E-state index contributed by atoms with van der Waals surface area (Å²) < 4.78 is 11.3. The summed E-state index contributed by atoms with van der Waals surface area (Å²) in [6, 6.07) is 5.83. The molecule has 0 spiro atoms. The van der Waals surface area contributed by atoms with E-state index in [9.17, 15) is 0 Å². The van der Waals surface area contributed by atoms with Crippen molar-refractivity contribution >= 4 is 0 Å². The Labute approximate surface area is 116 Å². The van der Waals surface area contributed by atoms with Crippen molar-refractivity contribution in [2.75, 3.05) is 13.7 Å². The van der Waals surface area contributed by atoms with Crippen molar-refractivity contribution in [3.8, 4) is 17.6 Å². The molecule has 0 atom stereocenters. The van der Waals surface area contributed by atoms with E-state index in [1.807, 2.05) is 18.2 Å². The van der Waals surface area contributed by atoms with Crippen molar-refractivity contribution in [2.45, 2.75) is 39.4 Å². The number of nitrogens with two attached hydrogens (primary N) is 1. The number of methoxy groups -OCH3 is 1. The van der Waals surface area contributed by atoms with Crippen LogP contribution in [0.2, 0.25) is 0 Å². The lowest BCUT2D eigenvalue weighted by atomic mass is 10.1. The van der Waals surface area contributed by atoms with Gasteiger partial charge in [-0.1, -0.05) is 18.8 Å². The highest BCUT2D eigenvalue weighted by atomic mass is 16.5. The normalized spacial score (nSPS) is 10.8. The Morgan fingerprint density at radius 3 is 2.63 bits per heavy atom. The van der Waals surface area contributed by atoms with Crippen LogP contribution >= 0.6 is 0 Å². The third-order valence-electron chi connectivity index (χ3n) is 3.09. The fourth-order valence-electron chi connectivity index (χ4n) is 1.50. The van der Waals surface area contributed by atoms with Crippen LogP contribution in [0.3, 0.4) is 0 Å². The van der Waals surface area contributed by atoms with Crippen molar-refractivity contribution in [1.29, 1.82) is 0 Å². The number of benzene rings is 1. The van der Waals surface area contributed by atoms with Gasteiger partial charge in [0.15, 0.2) is 0 Å². The molecular weight excluding hydrogens is 238 g/mol. The molecule has 0 aliphatic heterocycles. The number of ether oxygens (including phenoxy) is 2.